The smallest absolute Gasteiger partial charge is 0.336 e. The molecule has 0 radical (unpaired) electrons. The number of amides is 1. The van der Waals surface area contributed by atoms with Crippen LogP contribution in [0.3, 0.4) is 0 Å². The van der Waals surface area contributed by atoms with Gasteiger partial charge in [0.1, 0.15) is 0 Å². The Morgan fingerprint density at radius 2 is 1.52 bits per heavy atom. The molecule has 0 spiro atoms. The van der Waals surface area contributed by atoms with Gasteiger partial charge in [0.05, 0.1) is 16.7 Å². The van der Waals surface area contributed by atoms with Crippen molar-refractivity contribution >= 4 is 23.5 Å². The average Bonchev–Trinajstić information content (AvgIpc) is 2.50. The summed E-state index contributed by atoms with van der Waals surface area (Å²) in [6, 6.07) is 8.70. The largest absolute Gasteiger partial charge is 0.478 e. The summed E-state index contributed by atoms with van der Waals surface area (Å²) in [7, 11) is 0. The number of aromatic carboxylic acids is 2. The number of aryl methyl sites for hydroxylation is 2. The number of anilines is 1. The fraction of sp³-hybridized carbons (Fsp3) is 0.118. The summed E-state index contributed by atoms with van der Waals surface area (Å²) in [5.41, 5.74) is 1.95. The van der Waals surface area contributed by atoms with Crippen molar-refractivity contribution < 1.29 is 24.6 Å². The van der Waals surface area contributed by atoms with Gasteiger partial charge in [0, 0.05) is 5.69 Å². The van der Waals surface area contributed by atoms with Crippen LogP contribution in [0.15, 0.2) is 36.4 Å². The Labute approximate surface area is 132 Å². The van der Waals surface area contributed by atoms with E-state index in [2.05, 4.69) is 5.32 Å². The van der Waals surface area contributed by atoms with Crippen LogP contribution in [-0.2, 0) is 0 Å². The molecule has 0 aromatic heterocycles. The standard InChI is InChI=1S/C17H15NO5/c1-9-3-5-12(7-10(9)2)18-15(19)13-6-4-11(16(20)21)8-14(13)17(22)23/h3-8H,1-2H3,(H,18,19)(H,20,21)(H,22,23). The van der Waals surface area contributed by atoms with Gasteiger partial charge in [-0.05, 0) is 55.3 Å². The third-order valence-electron chi connectivity index (χ3n) is 3.51. The molecule has 0 aliphatic carbocycles. The summed E-state index contributed by atoms with van der Waals surface area (Å²) >= 11 is 0. The fourth-order valence-electron chi connectivity index (χ4n) is 2.07. The maximum atomic E-state index is 12.3. The quantitative estimate of drug-likeness (QED) is 0.805. The molecular weight excluding hydrogens is 298 g/mol. The van der Waals surface area contributed by atoms with Crippen LogP contribution < -0.4 is 5.32 Å². The molecule has 2 rings (SSSR count). The van der Waals surface area contributed by atoms with Crippen molar-refractivity contribution in [1.29, 1.82) is 0 Å². The summed E-state index contributed by atoms with van der Waals surface area (Å²) < 4.78 is 0. The van der Waals surface area contributed by atoms with E-state index in [0.717, 1.165) is 17.2 Å². The number of carboxylic acids is 2. The highest BCUT2D eigenvalue weighted by molar-refractivity contribution is 6.11. The second kappa shape index (κ2) is 6.31. The van der Waals surface area contributed by atoms with Gasteiger partial charge in [0.2, 0.25) is 0 Å². The average molecular weight is 313 g/mol. The molecule has 0 aliphatic heterocycles. The number of rotatable bonds is 4. The summed E-state index contributed by atoms with van der Waals surface area (Å²) in [4.78, 5) is 34.5. The molecule has 0 saturated heterocycles. The Hall–Kier alpha value is -3.15. The van der Waals surface area contributed by atoms with Crippen LogP contribution in [-0.4, -0.2) is 28.1 Å². The maximum absolute atomic E-state index is 12.3. The van der Waals surface area contributed by atoms with E-state index in [1.54, 1.807) is 12.1 Å². The van der Waals surface area contributed by atoms with Crippen LogP contribution in [0.25, 0.3) is 0 Å². The lowest BCUT2D eigenvalue weighted by Crippen LogP contribution is -2.17. The van der Waals surface area contributed by atoms with Crippen LogP contribution in [0.1, 0.15) is 42.2 Å². The number of carbonyl (C=O) groups excluding carboxylic acids is 1. The summed E-state index contributed by atoms with van der Waals surface area (Å²) in [6.07, 6.45) is 0. The summed E-state index contributed by atoms with van der Waals surface area (Å²) in [6.45, 7) is 3.84. The highest BCUT2D eigenvalue weighted by Crippen LogP contribution is 2.18. The monoisotopic (exact) mass is 313 g/mol. The molecule has 0 saturated carbocycles. The molecule has 0 heterocycles. The maximum Gasteiger partial charge on any atom is 0.336 e. The van der Waals surface area contributed by atoms with Crippen LogP contribution in [0.2, 0.25) is 0 Å². The third kappa shape index (κ3) is 3.55. The van der Waals surface area contributed by atoms with E-state index in [1.165, 1.54) is 12.1 Å². The number of carbonyl (C=O) groups is 3. The normalized spacial score (nSPS) is 10.2. The van der Waals surface area contributed by atoms with Crippen molar-refractivity contribution in [3.63, 3.8) is 0 Å². The molecular formula is C17H15NO5. The minimum Gasteiger partial charge on any atom is -0.478 e. The van der Waals surface area contributed by atoms with Crippen LogP contribution in [0.4, 0.5) is 5.69 Å². The molecule has 1 amide bonds. The number of hydrogen-bond donors (Lipinski definition) is 3. The molecule has 0 bridgehead atoms. The Balaban J connectivity index is 2.36. The lowest BCUT2D eigenvalue weighted by Gasteiger charge is -2.10. The zero-order valence-electron chi connectivity index (χ0n) is 12.6. The zero-order chi connectivity index (χ0) is 17.1. The predicted octanol–water partition coefficient (Wildman–Crippen LogP) is 2.95. The molecule has 6 heteroatoms. The van der Waals surface area contributed by atoms with Crippen LogP contribution >= 0.6 is 0 Å². The van der Waals surface area contributed by atoms with Crippen molar-refractivity contribution in [3.8, 4) is 0 Å². The molecule has 23 heavy (non-hydrogen) atoms. The first-order chi connectivity index (χ1) is 10.8. The Bertz CT molecular complexity index is 811. The predicted molar refractivity (Wildman–Crippen MR) is 84.2 cm³/mol. The fourth-order valence-corrected chi connectivity index (χ4v) is 2.07. The second-order valence-electron chi connectivity index (χ2n) is 5.12. The van der Waals surface area contributed by atoms with Gasteiger partial charge in [0.25, 0.3) is 5.91 Å². The van der Waals surface area contributed by atoms with Crippen molar-refractivity contribution in [3.05, 3.63) is 64.2 Å². The molecule has 0 aliphatic rings. The number of hydrogen-bond acceptors (Lipinski definition) is 3. The second-order valence-corrected chi connectivity index (χ2v) is 5.12. The first-order valence-electron chi connectivity index (χ1n) is 6.79. The Morgan fingerprint density at radius 3 is 2.09 bits per heavy atom. The van der Waals surface area contributed by atoms with Gasteiger partial charge >= 0.3 is 11.9 Å². The van der Waals surface area contributed by atoms with E-state index < -0.39 is 17.8 Å². The lowest BCUT2D eigenvalue weighted by atomic mass is 10.0. The molecule has 3 N–H and O–H groups in total. The Kier molecular flexibility index (Phi) is 4.45. The summed E-state index contributed by atoms with van der Waals surface area (Å²) in [5.74, 6) is -3.23. The van der Waals surface area contributed by atoms with E-state index in [1.807, 2.05) is 19.9 Å². The number of nitrogens with one attached hydrogen (secondary N) is 1. The molecule has 0 unspecified atom stereocenters. The minimum absolute atomic E-state index is 0.0965. The van der Waals surface area contributed by atoms with E-state index in [0.29, 0.717) is 5.69 Å². The zero-order valence-corrected chi connectivity index (χ0v) is 12.6. The minimum atomic E-state index is -1.36. The van der Waals surface area contributed by atoms with Crippen molar-refractivity contribution in [2.75, 3.05) is 5.32 Å². The van der Waals surface area contributed by atoms with Gasteiger partial charge < -0.3 is 15.5 Å². The molecule has 0 atom stereocenters. The van der Waals surface area contributed by atoms with Gasteiger partial charge in [-0.1, -0.05) is 6.07 Å². The van der Waals surface area contributed by atoms with Gasteiger partial charge in [-0.3, -0.25) is 4.79 Å². The third-order valence-corrected chi connectivity index (χ3v) is 3.51. The highest BCUT2D eigenvalue weighted by atomic mass is 16.4. The molecule has 2 aromatic rings. The topological polar surface area (TPSA) is 104 Å². The Morgan fingerprint density at radius 1 is 0.826 bits per heavy atom. The molecule has 2 aromatic carbocycles. The molecule has 118 valence electrons. The van der Waals surface area contributed by atoms with Gasteiger partial charge in [-0.25, -0.2) is 9.59 Å². The molecule has 0 fully saturated rings. The van der Waals surface area contributed by atoms with Crippen molar-refractivity contribution in [2.45, 2.75) is 13.8 Å². The number of benzene rings is 2. The van der Waals surface area contributed by atoms with Gasteiger partial charge in [-0.15, -0.1) is 0 Å². The van der Waals surface area contributed by atoms with E-state index in [9.17, 15) is 19.5 Å². The van der Waals surface area contributed by atoms with Gasteiger partial charge in [-0.2, -0.15) is 0 Å². The van der Waals surface area contributed by atoms with Crippen LogP contribution in [0.5, 0.6) is 0 Å². The molecule has 6 nitrogen and oxygen atoms in total. The van der Waals surface area contributed by atoms with Crippen molar-refractivity contribution in [1.82, 2.24) is 0 Å². The van der Waals surface area contributed by atoms with E-state index in [4.69, 9.17) is 5.11 Å². The van der Waals surface area contributed by atoms with E-state index in [-0.39, 0.29) is 16.7 Å². The highest BCUT2D eigenvalue weighted by Gasteiger charge is 2.19. The first-order valence-corrected chi connectivity index (χ1v) is 6.79. The van der Waals surface area contributed by atoms with Crippen LogP contribution in [0, 0.1) is 13.8 Å². The summed E-state index contributed by atoms with van der Waals surface area (Å²) in [5, 5.41) is 20.7. The first kappa shape index (κ1) is 16.2. The number of carboxylic acid groups (broad SMARTS) is 2. The SMILES string of the molecule is Cc1ccc(NC(=O)c2ccc(C(=O)O)cc2C(=O)O)cc1C. The van der Waals surface area contributed by atoms with E-state index >= 15 is 0 Å². The lowest BCUT2D eigenvalue weighted by molar-refractivity contribution is 0.0692. The van der Waals surface area contributed by atoms with Gasteiger partial charge in [0.15, 0.2) is 0 Å². The van der Waals surface area contributed by atoms with Crippen molar-refractivity contribution in [2.24, 2.45) is 0 Å².